The minimum atomic E-state index is 0.0440. The van der Waals surface area contributed by atoms with E-state index in [0.717, 1.165) is 5.56 Å². The van der Waals surface area contributed by atoms with Crippen molar-refractivity contribution in [3.8, 4) is 11.5 Å². The lowest BCUT2D eigenvalue weighted by Crippen LogP contribution is -2.26. The van der Waals surface area contributed by atoms with Crippen molar-refractivity contribution in [2.75, 3.05) is 27.0 Å². The Kier molecular flexibility index (Phi) is 6.42. The van der Waals surface area contributed by atoms with Gasteiger partial charge in [-0.2, -0.15) is 0 Å². The number of para-hydroxylation sites is 1. The lowest BCUT2D eigenvalue weighted by molar-refractivity contribution is -0.129. The molecule has 0 aliphatic heterocycles. The quantitative estimate of drug-likeness (QED) is 0.664. The lowest BCUT2D eigenvalue weighted by Gasteiger charge is -2.19. The smallest absolute Gasteiger partial charge is 0.223 e. The number of rotatable bonds is 8. The maximum absolute atomic E-state index is 12.3. The minimum Gasteiger partial charge on any atom is -0.493 e. The van der Waals surface area contributed by atoms with Gasteiger partial charge in [-0.15, -0.1) is 5.10 Å². The first-order chi connectivity index (χ1) is 11.6. The molecule has 0 N–H and O–H groups in total. The fourth-order valence-corrected chi connectivity index (χ4v) is 2.96. The van der Waals surface area contributed by atoms with Crippen LogP contribution < -0.4 is 9.47 Å². The average molecular weight is 351 g/mol. The van der Waals surface area contributed by atoms with E-state index in [4.69, 9.17) is 9.47 Å². The van der Waals surface area contributed by atoms with Gasteiger partial charge in [0.15, 0.2) is 11.5 Å². The van der Waals surface area contributed by atoms with Crippen LogP contribution in [-0.2, 0) is 18.4 Å². The second-order valence-electron chi connectivity index (χ2n) is 5.09. The summed E-state index contributed by atoms with van der Waals surface area (Å²) in [6.45, 7) is 0.454. The number of carbonyl (C=O) groups excluding carboxylic acids is 1. The van der Waals surface area contributed by atoms with Gasteiger partial charge in [-0.1, -0.05) is 23.9 Å². The van der Waals surface area contributed by atoms with E-state index in [1.807, 2.05) is 18.2 Å². The van der Waals surface area contributed by atoms with Gasteiger partial charge >= 0.3 is 0 Å². The van der Waals surface area contributed by atoms with Crippen LogP contribution in [0.4, 0.5) is 0 Å². The van der Waals surface area contributed by atoms with E-state index >= 15 is 0 Å². The Bertz CT molecular complexity index is 691. The fraction of sp³-hybridized carbons (Fsp3) is 0.467. The summed E-state index contributed by atoms with van der Waals surface area (Å²) in [6.07, 6.45) is 0.403. The van der Waals surface area contributed by atoms with Crippen molar-refractivity contribution in [1.29, 1.82) is 0 Å². The summed E-state index contributed by atoms with van der Waals surface area (Å²) in [5.74, 6) is 1.97. The Morgan fingerprint density at radius 1 is 1.33 bits per heavy atom. The molecule has 1 amide bonds. The van der Waals surface area contributed by atoms with Crippen LogP contribution in [0.3, 0.4) is 0 Å². The van der Waals surface area contributed by atoms with E-state index in [2.05, 4.69) is 15.5 Å². The van der Waals surface area contributed by atoms with Gasteiger partial charge in [0.2, 0.25) is 11.1 Å². The second kappa shape index (κ2) is 8.53. The minimum absolute atomic E-state index is 0.0440. The predicted octanol–water partition coefficient (Wildman–Crippen LogP) is 1.37. The number of methoxy groups -OCH3 is 2. The third-order valence-electron chi connectivity index (χ3n) is 3.45. The number of aromatic nitrogens is 4. The zero-order valence-corrected chi connectivity index (χ0v) is 15.0. The molecule has 0 saturated carbocycles. The molecule has 8 nitrogen and oxygen atoms in total. The fourth-order valence-electron chi connectivity index (χ4n) is 2.19. The Morgan fingerprint density at radius 3 is 2.75 bits per heavy atom. The van der Waals surface area contributed by atoms with Gasteiger partial charge < -0.3 is 14.4 Å². The molecule has 24 heavy (non-hydrogen) atoms. The molecular weight excluding hydrogens is 330 g/mol. The van der Waals surface area contributed by atoms with Crippen molar-refractivity contribution in [1.82, 2.24) is 25.1 Å². The number of amides is 1. The van der Waals surface area contributed by atoms with Gasteiger partial charge in [-0.05, 0) is 16.5 Å². The van der Waals surface area contributed by atoms with Gasteiger partial charge in [0, 0.05) is 38.4 Å². The summed E-state index contributed by atoms with van der Waals surface area (Å²) in [6, 6.07) is 5.63. The molecule has 0 spiro atoms. The molecule has 0 bridgehead atoms. The molecule has 1 aromatic carbocycles. The lowest BCUT2D eigenvalue weighted by atomic mass is 10.1. The molecule has 1 aromatic heterocycles. The maximum atomic E-state index is 12.3. The highest BCUT2D eigenvalue weighted by molar-refractivity contribution is 7.99. The second-order valence-corrected chi connectivity index (χ2v) is 6.15. The Balaban J connectivity index is 1.91. The molecule has 0 atom stereocenters. The average Bonchev–Trinajstić information content (AvgIpc) is 2.99. The van der Waals surface area contributed by atoms with Crippen LogP contribution >= 0.6 is 11.8 Å². The summed E-state index contributed by atoms with van der Waals surface area (Å²) in [7, 11) is 6.73. The van der Waals surface area contributed by atoms with Crippen LogP contribution in [-0.4, -0.2) is 58.0 Å². The number of nitrogens with zero attached hydrogens (tertiary/aromatic N) is 5. The van der Waals surface area contributed by atoms with E-state index in [-0.39, 0.29) is 5.91 Å². The van der Waals surface area contributed by atoms with E-state index in [0.29, 0.717) is 35.4 Å². The third-order valence-corrected chi connectivity index (χ3v) is 4.46. The Labute approximate surface area is 145 Å². The number of aryl methyl sites for hydroxylation is 1. The van der Waals surface area contributed by atoms with Gasteiger partial charge in [-0.25, -0.2) is 4.68 Å². The molecule has 0 saturated heterocycles. The standard InChI is InChI=1S/C15H21N5O3S/c1-19(10-11-6-5-7-12(22-3)14(11)23-4)13(21)8-9-24-15-16-17-18-20(15)2/h5-7H,8-10H2,1-4H3. The summed E-state index contributed by atoms with van der Waals surface area (Å²) in [5, 5.41) is 11.9. The summed E-state index contributed by atoms with van der Waals surface area (Å²) < 4.78 is 12.3. The van der Waals surface area contributed by atoms with Crippen molar-refractivity contribution in [3.63, 3.8) is 0 Å². The molecule has 0 aliphatic carbocycles. The van der Waals surface area contributed by atoms with E-state index in [9.17, 15) is 4.79 Å². The first-order valence-electron chi connectivity index (χ1n) is 7.35. The molecule has 2 aromatic rings. The van der Waals surface area contributed by atoms with Gasteiger partial charge in [-0.3, -0.25) is 4.79 Å². The number of hydrogen-bond acceptors (Lipinski definition) is 7. The summed E-state index contributed by atoms with van der Waals surface area (Å²) in [4.78, 5) is 14.0. The third kappa shape index (κ3) is 4.38. The van der Waals surface area contributed by atoms with E-state index in [1.54, 1.807) is 37.9 Å². The number of tetrazole rings is 1. The Hall–Kier alpha value is -2.29. The Morgan fingerprint density at radius 2 is 2.12 bits per heavy atom. The van der Waals surface area contributed by atoms with Crippen LogP contribution in [0.1, 0.15) is 12.0 Å². The molecule has 0 unspecified atom stereocenters. The van der Waals surface area contributed by atoms with E-state index < -0.39 is 0 Å². The van der Waals surface area contributed by atoms with Crippen molar-refractivity contribution in [2.24, 2.45) is 7.05 Å². The molecular formula is C15H21N5O3S. The number of thioether (sulfide) groups is 1. The normalized spacial score (nSPS) is 10.5. The first-order valence-corrected chi connectivity index (χ1v) is 8.34. The van der Waals surface area contributed by atoms with Gasteiger partial charge in [0.25, 0.3) is 0 Å². The molecule has 0 fully saturated rings. The highest BCUT2D eigenvalue weighted by Crippen LogP contribution is 2.31. The van der Waals surface area contributed by atoms with Crippen LogP contribution in [0.25, 0.3) is 0 Å². The van der Waals surface area contributed by atoms with Crippen molar-refractivity contribution < 1.29 is 14.3 Å². The van der Waals surface area contributed by atoms with Crippen LogP contribution in [0, 0.1) is 0 Å². The molecule has 9 heteroatoms. The van der Waals surface area contributed by atoms with Crippen molar-refractivity contribution in [3.05, 3.63) is 23.8 Å². The molecule has 0 radical (unpaired) electrons. The molecule has 130 valence electrons. The van der Waals surface area contributed by atoms with Crippen LogP contribution in [0.15, 0.2) is 23.4 Å². The molecule has 0 aliphatic rings. The highest BCUT2D eigenvalue weighted by Gasteiger charge is 2.15. The molecule has 1 heterocycles. The first kappa shape index (κ1) is 18.1. The van der Waals surface area contributed by atoms with Crippen molar-refractivity contribution >= 4 is 17.7 Å². The predicted molar refractivity (Wildman–Crippen MR) is 90.2 cm³/mol. The van der Waals surface area contributed by atoms with Crippen molar-refractivity contribution in [2.45, 2.75) is 18.1 Å². The number of carbonyl (C=O) groups is 1. The SMILES string of the molecule is COc1cccc(CN(C)C(=O)CCSc2nnnn2C)c1OC. The zero-order chi connectivity index (χ0) is 17.5. The van der Waals surface area contributed by atoms with Gasteiger partial charge in [0.05, 0.1) is 14.2 Å². The van der Waals surface area contributed by atoms with Crippen LogP contribution in [0.5, 0.6) is 11.5 Å². The van der Waals surface area contributed by atoms with Crippen LogP contribution in [0.2, 0.25) is 0 Å². The van der Waals surface area contributed by atoms with Gasteiger partial charge in [0.1, 0.15) is 0 Å². The molecule has 2 rings (SSSR count). The largest absolute Gasteiger partial charge is 0.493 e. The zero-order valence-electron chi connectivity index (χ0n) is 14.2. The van der Waals surface area contributed by atoms with E-state index in [1.165, 1.54) is 11.8 Å². The number of hydrogen-bond donors (Lipinski definition) is 0. The summed E-state index contributed by atoms with van der Waals surface area (Å²) >= 11 is 1.45. The number of benzene rings is 1. The maximum Gasteiger partial charge on any atom is 0.223 e. The highest BCUT2D eigenvalue weighted by atomic mass is 32.2. The monoisotopic (exact) mass is 351 g/mol. The summed E-state index contributed by atoms with van der Waals surface area (Å²) in [5.41, 5.74) is 0.901. The topological polar surface area (TPSA) is 82.4 Å². The number of ether oxygens (including phenoxy) is 2.